The highest BCUT2D eigenvalue weighted by Crippen LogP contribution is 2.34. The molecule has 6 heteroatoms. The Kier molecular flexibility index (Phi) is 5.51. The van der Waals surface area contributed by atoms with Gasteiger partial charge in [-0.2, -0.15) is 0 Å². The lowest BCUT2D eigenvalue weighted by atomic mass is 10.2. The number of piperazine rings is 1. The lowest BCUT2D eigenvalue weighted by molar-refractivity contribution is -0.131. The number of carbonyl (C=O) groups is 1. The summed E-state index contributed by atoms with van der Waals surface area (Å²) in [4.78, 5) is 25.3. The molecule has 4 heterocycles. The van der Waals surface area contributed by atoms with Crippen LogP contribution in [0.3, 0.4) is 0 Å². The van der Waals surface area contributed by atoms with Gasteiger partial charge >= 0.3 is 0 Å². The average Bonchev–Trinajstić information content (AvgIpc) is 3.38. The molecule has 0 N–H and O–H groups in total. The molecular formula is C20H26N4OS. The van der Waals surface area contributed by atoms with E-state index in [4.69, 9.17) is 0 Å². The van der Waals surface area contributed by atoms with Gasteiger partial charge in [-0.1, -0.05) is 12.1 Å². The highest BCUT2D eigenvalue weighted by Gasteiger charge is 2.28. The third-order valence-corrected chi connectivity index (χ3v) is 6.43. The lowest BCUT2D eigenvalue weighted by Gasteiger charge is -2.35. The van der Waals surface area contributed by atoms with E-state index in [0.29, 0.717) is 18.4 Å². The van der Waals surface area contributed by atoms with Crippen molar-refractivity contribution < 1.29 is 4.79 Å². The summed E-state index contributed by atoms with van der Waals surface area (Å²) in [7, 11) is 0. The second kappa shape index (κ2) is 8.18. The molecule has 1 unspecified atom stereocenters. The first-order chi connectivity index (χ1) is 12.8. The Labute approximate surface area is 159 Å². The molecule has 2 aliphatic rings. The van der Waals surface area contributed by atoms with Crippen molar-refractivity contribution in [2.24, 2.45) is 0 Å². The summed E-state index contributed by atoms with van der Waals surface area (Å²) in [6.45, 7) is 5.31. The molecule has 2 saturated heterocycles. The van der Waals surface area contributed by atoms with Crippen LogP contribution in [-0.4, -0.2) is 60.0 Å². The van der Waals surface area contributed by atoms with Gasteiger partial charge in [-0.05, 0) is 43.0 Å². The van der Waals surface area contributed by atoms with E-state index in [2.05, 4.69) is 32.3 Å². The first kappa shape index (κ1) is 17.5. The van der Waals surface area contributed by atoms with Crippen LogP contribution in [0.25, 0.3) is 0 Å². The summed E-state index contributed by atoms with van der Waals surface area (Å²) in [5.41, 5.74) is 0. The Bertz CT molecular complexity index is 698. The SMILES string of the molecule is O=C(CCN1CCCC1c1cccs1)N1CCN(c2ccccn2)CC1. The molecule has 0 radical (unpaired) electrons. The maximum Gasteiger partial charge on any atom is 0.223 e. The number of pyridine rings is 1. The van der Waals surface area contributed by atoms with Gasteiger partial charge in [0, 0.05) is 56.3 Å². The van der Waals surface area contributed by atoms with Crippen LogP contribution in [0.15, 0.2) is 41.9 Å². The van der Waals surface area contributed by atoms with Crippen LogP contribution in [0.5, 0.6) is 0 Å². The Morgan fingerprint density at radius 2 is 2.00 bits per heavy atom. The number of anilines is 1. The minimum absolute atomic E-state index is 0.294. The number of nitrogens with zero attached hydrogens (tertiary/aromatic N) is 4. The zero-order chi connectivity index (χ0) is 17.8. The van der Waals surface area contributed by atoms with Gasteiger partial charge in [0.15, 0.2) is 0 Å². The molecule has 0 aromatic carbocycles. The molecule has 0 spiro atoms. The molecular weight excluding hydrogens is 344 g/mol. The largest absolute Gasteiger partial charge is 0.353 e. The molecule has 1 atom stereocenters. The van der Waals surface area contributed by atoms with E-state index in [1.807, 2.05) is 40.6 Å². The number of carbonyl (C=O) groups excluding carboxylic acids is 1. The summed E-state index contributed by atoms with van der Waals surface area (Å²) in [6, 6.07) is 10.9. The number of hydrogen-bond acceptors (Lipinski definition) is 5. The molecule has 0 aliphatic carbocycles. The van der Waals surface area contributed by atoms with Gasteiger partial charge in [-0.15, -0.1) is 11.3 Å². The quantitative estimate of drug-likeness (QED) is 0.811. The van der Waals surface area contributed by atoms with E-state index in [9.17, 15) is 4.79 Å². The average molecular weight is 371 g/mol. The zero-order valence-electron chi connectivity index (χ0n) is 15.1. The maximum absolute atomic E-state index is 12.7. The number of aromatic nitrogens is 1. The van der Waals surface area contributed by atoms with Crippen molar-refractivity contribution in [2.75, 3.05) is 44.2 Å². The molecule has 0 bridgehead atoms. The molecule has 1 amide bonds. The fourth-order valence-electron chi connectivity index (χ4n) is 4.02. The molecule has 5 nitrogen and oxygen atoms in total. The van der Waals surface area contributed by atoms with Crippen molar-refractivity contribution in [1.29, 1.82) is 0 Å². The minimum Gasteiger partial charge on any atom is -0.353 e. The van der Waals surface area contributed by atoms with Gasteiger partial charge in [0.2, 0.25) is 5.91 Å². The van der Waals surface area contributed by atoms with E-state index in [-0.39, 0.29) is 0 Å². The number of hydrogen-bond donors (Lipinski definition) is 0. The molecule has 2 fully saturated rings. The molecule has 4 rings (SSSR count). The van der Waals surface area contributed by atoms with Crippen LogP contribution >= 0.6 is 11.3 Å². The van der Waals surface area contributed by atoms with Gasteiger partial charge < -0.3 is 9.80 Å². The molecule has 138 valence electrons. The summed E-state index contributed by atoms with van der Waals surface area (Å²) >= 11 is 1.84. The van der Waals surface area contributed by atoms with E-state index < -0.39 is 0 Å². The topological polar surface area (TPSA) is 39.7 Å². The summed E-state index contributed by atoms with van der Waals surface area (Å²) in [5, 5.41) is 2.15. The van der Waals surface area contributed by atoms with Crippen molar-refractivity contribution >= 4 is 23.1 Å². The van der Waals surface area contributed by atoms with Crippen molar-refractivity contribution in [3.8, 4) is 0 Å². The lowest BCUT2D eigenvalue weighted by Crippen LogP contribution is -2.49. The van der Waals surface area contributed by atoms with E-state index in [1.54, 1.807) is 0 Å². The fraction of sp³-hybridized carbons (Fsp3) is 0.500. The van der Waals surface area contributed by atoms with Crippen LogP contribution in [0.4, 0.5) is 5.82 Å². The first-order valence-electron chi connectivity index (χ1n) is 9.52. The highest BCUT2D eigenvalue weighted by atomic mass is 32.1. The first-order valence-corrected chi connectivity index (χ1v) is 10.4. The van der Waals surface area contributed by atoms with Gasteiger partial charge in [-0.3, -0.25) is 9.69 Å². The predicted molar refractivity (Wildman–Crippen MR) is 106 cm³/mol. The van der Waals surface area contributed by atoms with Crippen LogP contribution in [0.1, 0.15) is 30.2 Å². The Morgan fingerprint density at radius 1 is 1.12 bits per heavy atom. The van der Waals surface area contributed by atoms with E-state index in [0.717, 1.165) is 45.1 Å². The van der Waals surface area contributed by atoms with Gasteiger partial charge in [0.05, 0.1) is 0 Å². The van der Waals surface area contributed by atoms with Gasteiger partial charge in [-0.25, -0.2) is 4.98 Å². The van der Waals surface area contributed by atoms with Crippen molar-refractivity contribution in [1.82, 2.24) is 14.8 Å². The van der Waals surface area contributed by atoms with Crippen LogP contribution < -0.4 is 4.90 Å². The smallest absolute Gasteiger partial charge is 0.223 e. The molecule has 2 aromatic heterocycles. The zero-order valence-corrected chi connectivity index (χ0v) is 15.9. The van der Waals surface area contributed by atoms with Crippen LogP contribution in [0, 0.1) is 0 Å². The predicted octanol–water partition coefficient (Wildman–Crippen LogP) is 3.02. The van der Waals surface area contributed by atoms with E-state index >= 15 is 0 Å². The molecule has 2 aromatic rings. The molecule has 26 heavy (non-hydrogen) atoms. The van der Waals surface area contributed by atoms with E-state index in [1.165, 1.54) is 17.7 Å². The Balaban J connectivity index is 1.26. The second-order valence-corrected chi connectivity index (χ2v) is 7.99. The van der Waals surface area contributed by atoms with Gasteiger partial charge in [0.25, 0.3) is 0 Å². The highest BCUT2D eigenvalue weighted by molar-refractivity contribution is 7.10. The van der Waals surface area contributed by atoms with Gasteiger partial charge in [0.1, 0.15) is 5.82 Å². The standard InChI is InChI=1S/C20H26N4OS/c25-20(8-11-22-10-3-5-17(22)18-6-4-16-26-18)24-14-12-23(13-15-24)19-7-1-2-9-21-19/h1-2,4,6-7,9,16-17H,3,5,8,10-15H2. The summed E-state index contributed by atoms with van der Waals surface area (Å²) in [5.74, 6) is 1.30. The van der Waals surface area contributed by atoms with Crippen LogP contribution in [-0.2, 0) is 4.79 Å². The third-order valence-electron chi connectivity index (χ3n) is 5.45. The second-order valence-electron chi connectivity index (χ2n) is 7.02. The van der Waals surface area contributed by atoms with Crippen LogP contribution in [0.2, 0.25) is 0 Å². The van der Waals surface area contributed by atoms with Crippen molar-refractivity contribution in [2.45, 2.75) is 25.3 Å². The fourth-order valence-corrected chi connectivity index (χ4v) is 4.92. The number of rotatable bonds is 5. The molecule has 0 saturated carbocycles. The Morgan fingerprint density at radius 3 is 2.73 bits per heavy atom. The maximum atomic E-state index is 12.7. The van der Waals surface area contributed by atoms with Crippen molar-refractivity contribution in [3.05, 3.63) is 46.8 Å². The number of amides is 1. The number of likely N-dealkylation sites (tertiary alicyclic amines) is 1. The Hall–Kier alpha value is -1.92. The van der Waals surface area contributed by atoms with Crippen molar-refractivity contribution in [3.63, 3.8) is 0 Å². The normalized spacial score (nSPS) is 21.3. The third kappa shape index (κ3) is 3.91. The summed E-state index contributed by atoms with van der Waals surface area (Å²) < 4.78 is 0. The minimum atomic E-state index is 0.294. The molecule has 2 aliphatic heterocycles. The number of thiophene rings is 1. The monoisotopic (exact) mass is 370 g/mol. The summed E-state index contributed by atoms with van der Waals surface area (Å²) in [6.07, 6.45) is 4.91.